The molecule has 3 unspecified atom stereocenters. The van der Waals surface area contributed by atoms with Gasteiger partial charge < -0.3 is 10.1 Å². The molecule has 1 saturated heterocycles. The number of fused-ring (bicyclic) bond motifs is 1. The lowest BCUT2D eigenvalue weighted by Gasteiger charge is -2.39. The molecule has 3 aromatic carbocycles. The van der Waals surface area contributed by atoms with Crippen molar-refractivity contribution in [3.05, 3.63) is 107 Å². The largest absolute Gasteiger partial charge is 0.372 e. The number of rotatable bonds is 5. The van der Waals surface area contributed by atoms with E-state index in [0.717, 1.165) is 38.2 Å². The van der Waals surface area contributed by atoms with Crippen molar-refractivity contribution in [3.63, 3.8) is 0 Å². The van der Waals surface area contributed by atoms with Crippen molar-refractivity contribution in [2.75, 3.05) is 32.8 Å². The number of piperazine rings is 1. The van der Waals surface area contributed by atoms with Crippen molar-refractivity contribution in [2.24, 2.45) is 0 Å². The summed E-state index contributed by atoms with van der Waals surface area (Å²) in [5.41, 5.74) is 5.10. The van der Waals surface area contributed by atoms with Gasteiger partial charge in [0.1, 0.15) is 5.82 Å². The molecule has 2 aliphatic rings. The Kier molecular flexibility index (Phi) is 6.12. The van der Waals surface area contributed by atoms with E-state index in [1.54, 1.807) is 12.1 Å². The molecule has 4 heteroatoms. The lowest BCUT2D eigenvalue weighted by atomic mass is 9.83. The monoisotopic (exact) mass is 416 g/mol. The molecule has 160 valence electrons. The Labute approximate surface area is 183 Å². The van der Waals surface area contributed by atoms with Crippen molar-refractivity contribution < 1.29 is 9.13 Å². The van der Waals surface area contributed by atoms with Crippen molar-refractivity contribution in [3.8, 4) is 0 Å². The van der Waals surface area contributed by atoms with E-state index in [0.29, 0.717) is 6.61 Å². The molecule has 2 heterocycles. The summed E-state index contributed by atoms with van der Waals surface area (Å²) in [5.74, 6) is 0.0740. The predicted octanol–water partition coefficient (Wildman–Crippen LogP) is 5.07. The first-order chi connectivity index (χ1) is 15.3. The van der Waals surface area contributed by atoms with Crippen LogP contribution in [0.25, 0.3) is 0 Å². The van der Waals surface area contributed by atoms with Crippen LogP contribution in [0.4, 0.5) is 4.39 Å². The van der Waals surface area contributed by atoms with Crippen LogP contribution in [0.5, 0.6) is 0 Å². The normalized spacial score (nSPS) is 22.6. The summed E-state index contributed by atoms with van der Waals surface area (Å²) in [4.78, 5) is 2.51. The SMILES string of the molecule is Fc1ccc(C(CC2OCC(c3ccccc3)c3ccccc32)N2CCNCC2)cc1. The first kappa shape index (κ1) is 20.4. The average Bonchev–Trinajstić information content (AvgIpc) is 2.84. The smallest absolute Gasteiger partial charge is 0.123 e. The molecule has 3 atom stereocenters. The Morgan fingerprint density at radius 3 is 2.29 bits per heavy atom. The van der Waals surface area contributed by atoms with Crippen molar-refractivity contribution in [1.29, 1.82) is 0 Å². The minimum absolute atomic E-state index is 0.0288. The average molecular weight is 417 g/mol. The minimum Gasteiger partial charge on any atom is -0.372 e. The molecule has 2 aliphatic heterocycles. The van der Waals surface area contributed by atoms with Crippen LogP contribution >= 0.6 is 0 Å². The fourth-order valence-corrected chi connectivity index (χ4v) is 5.05. The first-order valence-corrected chi connectivity index (χ1v) is 11.2. The van der Waals surface area contributed by atoms with Gasteiger partial charge in [0.15, 0.2) is 0 Å². The van der Waals surface area contributed by atoms with Crippen LogP contribution in [0.15, 0.2) is 78.9 Å². The Morgan fingerprint density at radius 2 is 1.55 bits per heavy atom. The summed E-state index contributed by atoms with van der Waals surface area (Å²) >= 11 is 0. The van der Waals surface area contributed by atoms with Crippen molar-refractivity contribution in [2.45, 2.75) is 24.5 Å². The van der Waals surface area contributed by atoms with Gasteiger partial charge in [0.2, 0.25) is 0 Å². The van der Waals surface area contributed by atoms with E-state index < -0.39 is 0 Å². The zero-order valence-electron chi connectivity index (χ0n) is 17.7. The van der Waals surface area contributed by atoms with Crippen LogP contribution in [0.2, 0.25) is 0 Å². The third-order valence-electron chi connectivity index (χ3n) is 6.67. The number of hydrogen-bond acceptors (Lipinski definition) is 3. The van der Waals surface area contributed by atoms with Crippen LogP contribution in [0.1, 0.15) is 46.7 Å². The molecule has 0 radical (unpaired) electrons. The fourth-order valence-electron chi connectivity index (χ4n) is 5.05. The number of benzene rings is 3. The summed E-state index contributed by atoms with van der Waals surface area (Å²) < 4.78 is 20.1. The Morgan fingerprint density at radius 1 is 0.871 bits per heavy atom. The molecule has 0 aromatic heterocycles. The molecule has 1 N–H and O–H groups in total. The van der Waals surface area contributed by atoms with E-state index in [1.807, 2.05) is 12.1 Å². The summed E-state index contributed by atoms with van der Waals surface area (Å²) in [6.45, 7) is 4.63. The Balaban J connectivity index is 1.45. The zero-order valence-corrected chi connectivity index (χ0v) is 17.7. The van der Waals surface area contributed by atoms with Crippen LogP contribution < -0.4 is 5.32 Å². The van der Waals surface area contributed by atoms with Gasteiger partial charge in [0.25, 0.3) is 0 Å². The number of hydrogen-bond donors (Lipinski definition) is 1. The van der Waals surface area contributed by atoms with E-state index in [9.17, 15) is 4.39 Å². The first-order valence-electron chi connectivity index (χ1n) is 11.2. The molecule has 3 nitrogen and oxygen atoms in total. The van der Waals surface area contributed by atoms with Crippen molar-refractivity contribution in [1.82, 2.24) is 10.2 Å². The number of nitrogens with one attached hydrogen (secondary N) is 1. The van der Waals surface area contributed by atoms with Crippen LogP contribution in [-0.4, -0.2) is 37.7 Å². The van der Waals surface area contributed by atoms with Crippen LogP contribution in [-0.2, 0) is 4.74 Å². The highest BCUT2D eigenvalue weighted by Crippen LogP contribution is 2.42. The van der Waals surface area contributed by atoms with Gasteiger partial charge in [-0.05, 0) is 40.8 Å². The van der Waals surface area contributed by atoms with Gasteiger partial charge in [0.05, 0.1) is 12.7 Å². The second-order valence-electron chi connectivity index (χ2n) is 8.50. The molecule has 0 amide bonds. The highest BCUT2D eigenvalue weighted by molar-refractivity contribution is 5.41. The van der Waals surface area contributed by atoms with Crippen LogP contribution in [0.3, 0.4) is 0 Å². The summed E-state index contributed by atoms with van der Waals surface area (Å²) in [6.07, 6.45) is 0.894. The van der Waals surface area contributed by atoms with E-state index in [-0.39, 0.29) is 23.9 Å². The number of ether oxygens (including phenoxy) is 1. The summed E-state index contributed by atoms with van der Waals surface area (Å²) in [5, 5.41) is 3.44. The van der Waals surface area contributed by atoms with Gasteiger partial charge in [-0.2, -0.15) is 0 Å². The molecule has 3 aromatic rings. The number of halogens is 1. The van der Waals surface area contributed by atoms with Gasteiger partial charge in [-0.1, -0.05) is 66.7 Å². The fraction of sp³-hybridized carbons (Fsp3) is 0.333. The highest BCUT2D eigenvalue weighted by atomic mass is 19.1. The van der Waals surface area contributed by atoms with Gasteiger partial charge >= 0.3 is 0 Å². The molecular weight excluding hydrogens is 387 g/mol. The molecular formula is C27H29FN2O. The Bertz CT molecular complexity index is 986. The summed E-state index contributed by atoms with van der Waals surface area (Å²) in [6, 6.07) is 26.6. The lowest BCUT2D eigenvalue weighted by molar-refractivity contribution is 0.00545. The molecule has 0 saturated carbocycles. The lowest BCUT2D eigenvalue weighted by Crippen LogP contribution is -2.45. The number of nitrogens with zero attached hydrogens (tertiary/aromatic N) is 1. The topological polar surface area (TPSA) is 24.5 Å². The maximum absolute atomic E-state index is 13.6. The van der Waals surface area contributed by atoms with Crippen LogP contribution in [0, 0.1) is 5.82 Å². The van der Waals surface area contributed by atoms with Gasteiger partial charge in [-0.25, -0.2) is 4.39 Å². The van der Waals surface area contributed by atoms with E-state index >= 15 is 0 Å². The second-order valence-corrected chi connectivity index (χ2v) is 8.50. The van der Waals surface area contributed by atoms with E-state index in [4.69, 9.17) is 4.74 Å². The van der Waals surface area contributed by atoms with Gasteiger partial charge in [0, 0.05) is 38.1 Å². The predicted molar refractivity (Wildman–Crippen MR) is 122 cm³/mol. The molecule has 0 bridgehead atoms. The Hall–Kier alpha value is -2.53. The highest BCUT2D eigenvalue weighted by Gasteiger charge is 2.32. The van der Waals surface area contributed by atoms with E-state index in [1.165, 1.54) is 16.7 Å². The third-order valence-corrected chi connectivity index (χ3v) is 6.67. The zero-order chi connectivity index (χ0) is 21.0. The van der Waals surface area contributed by atoms with Gasteiger partial charge in [-0.15, -0.1) is 0 Å². The van der Waals surface area contributed by atoms with Crippen molar-refractivity contribution >= 4 is 0 Å². The molecule has 0 aliphatic carbocycles. The maximum atomic E-state index is 13.6. The second kappa shape index (κ2) is 9.31. The standard InChI is InChI=1S/C27H29FN2O/c28-22-12-10-21(11-13-22)26(30-16-14-29-15-17-30)18-27-24-9-5-4-8-23(24)25(19-31-27)20-6-2-1-3-7-20/h1-13,25-27,29H,14-19H2. The molecule has 5 rings (SSSR count). The minimum atomic E-state index is -0.187. The molecule has 31 heavy (non-hydrogen) atoms. The molecule has 0 spiro atoms. The molecule has 1 fully saturated rings. The summed E-state index contributed by atoms with van der Waals surface area (Å²) in [7, 11) is 0. The third kappa shape index (κ3) is 4.42. The quantitative estimate of drug-likeness (QED) is 0.629. The van der Waals surface area contributed by atoms with Gasteiger partial charge in [-0.3, -0.25) is 4.90 Å². The van der Waals surface area contributed by atoms with E-state index in [2.05, 4.69) is 64.8 Å². The maximum Gasteiger partial charge on any atom is 0.123 e.